The molecule has 1 N–H and O–H groups in total. The summed E-state index contributed by atoms with van der Waals surface area (Å²) in [6, 6.07) is 10.0. The van der Waals surface area contributed by atoms with Crippen LogP contribution in [-0.4, -0.2) is 41.5 Å². The predicted molar refractivity (Wildman–Crippen MR) is 84.3 cm³/mol. The molecule has 1 aromatic carbocycles. The summed E-state index contributed by atoms with van der Waals surface area (Å²) in [5, 5.41) is 4.39. The molecule has 21 heavy (non-hydrogen) atoms. The Kier molecular flexibility index (Phi) is 4.15. The number of carbonyl (C=O) groups excluding carboxylic acids is 1. The number of nitrogens with zero attached hydrogens (tertiary/aromatic N) is 2. The van der Waals surface area contributed by atoms with Gasteiger partial charge in [0.05, 0.1) is 5.52 Å². The number of fused-ring (bicyclic) bond motifs is 1. The maximum atomic E-state index is 12.8. The van der Waals surface area contributed by atoms with Gasteiger partial charge in [-0.25, -0.2) is 0 Å². The highest BCUT2D eigenvalue weighted by molar-refractivity contribution is 6.06. The zero-order chi connectivity index (χ0) is 14.7. The minimum Gasteiger partial charge on any atom is -0.337 e. The maximum Gasteiger partial charge on any atom is 0.254 e. The first-order chi connectivity index (χ1) is 10.3. The molecule has 0 bridgehead atoms. The minimum atomic E-state index is 0.102. The third-order valence-corrected chi connectivity index (χ3v) is 4.15. The number of likely N-dealkylation sites (N-methyl/N-ethyl adjacent to an activating group) is 1. The van der Waals surface area contributed by atoms with Gasteiger partial charge in [0, 0.05) is 36.3 Å². The summed E-state index contributed by atoms with van der Waals surface area (Å²) in [6.45, 7) is 4.62. The zero-order valence-electron chi connectivity index (χ0n) is 12.4. The highest BCUT2D eigenvalue weighted by Crippen LogP contribution is 2.19. The Labute approximate surface area is 125 Å². The third kappa shape index (κ3) is 2.90. The molecule has 2 aromatic rings. The van der Waals surface area contributed by atoms with Crippen LogP contribution in [0.3, 0.4) is 0 Å². The van der Waals surface area contributed by atoms with E-state index in [1.54, 1.807) is 6.20 Å². The van der Waals surface area contributed by atoms with Crippen molar-refractivity contribution in [1.82, 2.24) is 15.2 Å². The van der Waals surface area contributed by atoms with E-state index in [1.165, 1.54) is 6.42 Å². The Morgan fingerprint density at radius 3 is 3.05 bits per heavy atom. The van der Waals surface area contributed by atoms with E-state index in [1.807, 2.05) is 42.2 Å². The lowest BCUT2D eigenvalue weighted by atomic mass is 10.1. The topological polar surface area (TPSA) is 45.2 Å². The zero-order valence-corrected chi connectivity index (χ0v) is 12.4. The van der Waals surface area contributed by atoms with Crippen molar-refractivity contribution in [2.75, 3.05) is 19.6 Å². The number of hydrogen-bond acceptors (Lipinski definition) is 3. The smallest absolute Gasteiger partial charge is 0.254 e. The summed E-state index contributed by atoms with van der Waals surface area (Å²) >= 11 is 0. The molecule has 4 heteroatoms. The summed E-state index contributed by atoms with van der Waals surface area (Å²) in [7, 11) is 0. The van der Waals surface area contributed by atoms with Gasteiger partial charge in [0.15, 0.2) is 0 Å². The minimum absolute atomic E-state index is 0.102. The van der Waals surface area contributed by atoms with Gasteiger partial charge in [-0.2, -0.15) is 0 Å². The summed E-state index contributed by atoms with van der Waals surface area (Å²) in [5.41, 5.74) is 1.62. The fourth-order valence-corrected chi connectivity index (χ4v) is 2.99. The molecule has 110 valence electrons. The third-order valence-electron chi connectivity index (χ3n) is 4.15. The fraction of sp³-hybridized carbons (Fsp3) is 0.412. The quantitative estimate of drug-likeness (QED) is 0.937. The average Bonchev–Trinajstić information content (AvgIpc) is 3.04. The first kappa shape index (κ1) is 14.0. The molecule has 1 aliphatic heterocycles. The van der Waals surface area contributed by atoms with Crippen LogP contribution in [0.2, 0.25) is 0 Å². The van der Waals surface area contributed by atoms with Crippen LogP contribution < -0.4 is 5.32 Å². The van der Waals surface area contributed by atoms with Gasteiger partial charge < -0.3 is 10.2 Å². The van der Waals surface area contributed by atoms with Crippen molar-refractivity contribution in [3.63, 3.8) is 0 Å². The molecule has 1 unspecified atom stereocenters. The van der Waals surface area contributed by atoms with Gasteiger partial charge >= 0.3 is 0 Å². The number of rotatable bonds is 4. The number of aromatic nitrogens is 1. The van der Waals surface area contributed by atoms with E-state index in [0.29, 0.717) is 6.04 Å². The number of amides is 1. The second-order valence-corrected chi connectivity index (χ2v) is 5.51. The summed E-state index contributed by atoms with van der Waals surface area (Å²) in [4.78, 5) is 19.1. The van der Waals surface area contributed by atoms with Crippen molar-refractivity contribution >= 4 is 16.8 Å². The molecule has 4 nitrogen and oxygen atoms in total. The molecule has 0 saturated carbocycles. The molecule has 1 fully saturated rings. The van der Waals surface area contributed by atoms with Crippen molar-refractivity contribution in [2.45, 2.75) is 25.8 Å². The Hall–Kier alpha value is -1.94. The van der Waals surface area contributed by atoms with Gasteiger partial charge in [-0.1, -0.05) is 12.1 Å². The molecule has 1 amide bonds. The largest absolute Gasteiger partial charge is 0.337 e. The first-order valence-corrected chi connectivity index (χ1v) is 7.66. The second kappa shape index (κ2) is 6.22. The van der Waals surface area contributed by atoms with E-state index in [4.69, 9.17) is 0 Å². The first-order valence-electron chi connectivity index (χ1n) is 7.66. The predicted octanol–water partition coefficient (Wildman–Crippen LogP) is 2.45. The van der Waals surface area contributed by atoms with Crippen molar-refractivity contribution < 1.29 is 4.79 Å². The Balaban J connectivity index is 1.87. The van der Waals surface area contributed by atoms with Crippen molar-refractivity contribution in [1.29, 1.82) is 0 Å². The molecule has 0 radical (unpaired) electrons. The fourth-order valence-electron chi connectivity index (χ4n) is 2.99. The average molecular weight is 283 g/mol. The standard InChI is InChI=1S/C17H21N3O/c1-2-20(12-13-6-4-10-18-13)17(21)15-7-3-9-16-14(15)8-5-11-19-16/h3,5,7-9,11,13,18H,2,4,6,10,12H2,1H3. The van der Waals surface area contributed by atoms with Gasteiger partial charge in [-0.15, -0.1) is 0 Å². The van der Waals surface area contributed by atoms with E-state index in [2.05, 4.69) is 10.3 Å². The molecule has 2 heterocycles. The van der Waals surface area contributed by atoms with E-state index in [-0.39, 0.29) is 5.91 Å². The molecule has 0 spiro atoms. The SMILES string of the molecule is CCN(CC1CCCN1)C(=O)c1cccc2ncccc12. The van der Waals surface area contributed by atoms with Gasteiger partial charge in [0.1, 0.15) is 0 Å². The van der Waals surface area contributed by atoms with Crippen LogP contribution >= 0.6 is 0 Å². The van der Waals surface area contributed by atoms with Crippen LogP contribution in [-0.2, 0) is 0 Å². The highest BCUT2D eigenvalue weighted by atomic mass is 16.2. The number of nitrogens with one attached hydrogen (secondary N) is 1. The Bertz CT molecular complexity index is 629. The van der Waals surface area contributed by atoms with Gasteiger partial charge in [0.2, 0.25) is 0 Å². The Morgan fingerprint density at radius 1 is 1.38 bits per heavy atom. The molecule has 1 aromatic heterocycles. The molecule has 1 aliphatic rings. The molecular weight excluding hydrogens is 262 g/mol. The van der Waals surface area contributed by atoms with Crippen LogP contribution in [0.5, 0.6) is 0 Å². The summed E-state index contributed by atoms with van der Waals surface area (Å²) < 4.78 is 0. The van der Waals surface area contributed by atoms with Crippen molar-refractivity contribution in [3.05, 3.63) is 42.1 Å². The Morgan fingerprint density at radius 2 is 2.29 bits per heavy atom. The van der Waals surface area contributed by atoms with Crippen LogP contribution in [0.15, 0.2) is 36.5 Å². The van der Waals surface area contributed by atoms with Gasteiger partial charge in [-0.3, -0.25) is 9.78 Å². The van der Waals surface area contributed by atoms with Crippen molar-refractivity contribution in [2.24, 2.45) is 0 Å². The molecule has 1 saturated heterocycles. The molecular formula is C17H21N3O. The molecule has 0 aliphatic carbocycles. The number of carbonyl (C=O) groups is 1. The van der Waals surface area contributed by atoms with E-state index in [9.17, 15) is 4.79 Å². The lowest BCUT2D eigenvalue weighted by Gasteiger charge is -2.25. The normalized spacial score (nSPS) is 18.0. The maximum absolute atomic E-state index is 12.8. The van der Waals surface area contributed by atoms with E-state index >= 15 is 0 Å². The van der Waals surface area contributed by atoms with Crippen LogP contribution in [0.1, 0.15) is 30.1 Å². The van der Waals surface area contributed by atoms with Crippen LogP contribution in [0, 0.1) is 0 Å². The molecule has 1 atom stereocenters. The second-order valence-electron chi connectivity index (χ2n) is 5.51. The van der Waals surface area contributed by atoms with E-state index < -0.39 is 0 Å². The van der Waals surface area contributed by atoms with Gasteiger partial charge in [0.25, 0.3) is 5.91 Å². The lowest BCUT2D eigenvalue weighted by Crippen LogP contribution is -2.41. The van der Waals surface area contributed by atoms with Crippen LogP contribution in [0.4, 0.5) is 0 Å². The van der Waals surface area contributed by atoms with Crippen LogP contribution in [0.25, 0.3) is 10.9 Å². The van der Waals surface area contributed by atoms with Crippen molar-refractivity contribution in [3.8, 4) is 0 Å². The number of benzene rings is 1. The number of pyridine rings is 1. The molecule has 3 rings (SSSR count). The summed E-state index contributed by atoms with van der Waals surface area (Å²) in [6.07, 6.45) is 4.12. The lowest BCUT2D eigenvalue weighted by molar-refractivity contribution is 0.0753. The number of hydrogen-bond donors (Lipinski definition) is 1. The highest BCUT2D eigenvalue weighted by Gasteiger charge is 2.22. The van der Waals surface area contributed by atoms with E-state index in [0.717, 1.165) is 42.5 Å². The van der Waals surface area contributed by atoms with Gasteiger partial charge in [-0.05, 0) is 44.5 Å². The monoisotopic (exact) mass is 283 g/mol. The summed E-state index contributed by atoms with van der Waals surface area (Å²) in [5.74, 6) is 0.102.